The molecule has 0 saturated carbocycles. The molecular formula is C14H9BrF4O. The molecule has 0 aromatic heterocycles. The van der Waals surface area contributed by atoms with Gasteiger partial charge in [0.2, 0.25) is 0 Å². The largest absolute Gasteiger partial charge is 0.383 e. The molecule has 2 aromatic rings. The van der Waals surface area contributed by atoms with E-state index in [1.54, 1.807) is 0 Å². The lowest BCUT2D eigenvalue weighted by Gasteiger charge is -2.16. The standard InChI is InChI=1S/C14H9BrF4O/c1-6-2-4-8(16)10(12(6)18)14(20)11-9(17)5-3-7(15)13(11)19/h2-5,14,20H,1H3. The molecule has 1 atom stereocenters. The maximum absolute atomic E-state index is 13.9. The second-order valence-electron chi connectivity index (χ2n) is 4.25. The van der Waals surface area contributed by atoms with Crippen LogP contribution in [-0.2, 0) is 0 Å². The van der Waals surface area contributed by atoms with Crippen molar-refractivity contribution in [1.29, 1.82) is 0 Å². The van der Waals surface area contributed by atoms with Crippen molar-refractivity contribution < 1.29 is 22.7 Å². The second kappa shape index (κ2) is 5.54. The van der Waals surface area contributed by atoms with Crippen LogP contribution < -0.4 is 0 Å². The zero-order chi connectivity index (χ0) is 15.0. The highest BCUT2D eigenvalue weighted by molar-refractivity contribution is 9.10. The van der Waals surface area contributed by atoms with E-state index in [-0.39, 0.29) is 10.0 Å². The topological polar surface area (TPSA) is 20.2 Å². The summed E-state index contributed by atoms with van der Waals surface area (Å²) in [5.41, 5.74) is -1.51. The predicted octanol–water partition coefficient (Wildman–Crippen LogP) is 4.40. The molecule has 1 nitrogen and oxygen atoms in total. The van der Waals surface area contributed by atoms with Crippen LogP contribution in [0.15, 0.2) is 28.7 Å². The Kier molecular flexibility index (Phi) is 4.15. The first-order valence-electron chi connectivity index (χ1n) is 5.60. The van der Waals surface area contributed by atoms with Crippen molar-refractivity contribution in [2.75, 3.05) is 0 Å². The van der Waals surface area contributed by atoms with Crippen molar-refractivity contribution >= 4 is 15.9 Å². The minimum absolute atomic E-state index is 0.0660. The zero-order valence-electron chi connectivity index (χ0n) is 10.2. The van der Waals surface area contributed by atoms with Gasteiger partial charge in [-0.25, -0.2) is 17.6 Å². The number of halogens is 5. The van der Waals surface area contributed by atoms with Crippen LogP contribution in [0.5, 0.6) is 0 Å². The molecule has 0 saturated heterocycles. The molecule has 0 fully saturated rings. The lowest BCUT2D eigenvalue weighted by atomic mass is 9.97. The lowest BCUT2D eigenvalue weighted by molar-refractivity contribution is 0.198. The lowest BCUT2D eigenvalue weighted by Crippen LogP contribution is -2.11. The highest BCUT2D eigenvalue weighted by Gasteiger charge is 2.27. The third kappa shape index (κ3) is 2.45. The van der Waals surface area contributed by atoms with Crippen molar-refractivity contribution in [3.63, 3.8) is 0 Å². The van der Waals surface area contributed by atoms with E-state index in [0.29, 0.717) is 0 Å². The molecule has 1 N–H and O–H groups in total. The summed E-state index contributed by atoms with van der Waals surface area (Å²) < 4.78 is 55.0. The normalized spacial score (nSPS) is 12.6. The Bertz CT molecular complexity index is 615. The molecule has 0 spiro atoms. The van der Waals surface area contributed by atoms with Crippen LogP contribution in [0.3, 0.4) is 0 Å². The number of aryl methyl sites for hydroxylation is 1. The van der Waals surface area contributed by atoms with Gasteiger partial charge in [-0.2, -0.15) is 0 Å². The fourth-order valence-electron chi connectivity index (χ4n) is 1.87. The Labute approximate surface area is 121 Å². The Balaban J connectivity index is 2.67. The third-order valence-electron chi connectivity index (χ3n) is 2.95. The van der Waals surface area contributed by atoms with Gasteiger partial charge in [-0.15, -0.1) is 0 Å². The van der Waals surface area contributed by atoms with Crippen molar-refractivity contribution in [3.05, 3.63) is 68.7 Å². The molecule has 2 aromatic carbocycles. The average molecular weight is 349 g/mol. The minimum Gasteiger partial charge on any atom is -0.383 e. The summed E-state index contributed by atoms with van der Waals surface area (Å²) in [5, 5.41) is 9.98. The first kappa shape index (κ1) is 15.0. The van der Waals surface area contributed by atoms with Crippen LogP contribution in [0.2, 0.25) is 0 Å². The molecule has 20 heavy (non-hydrogen) atoms. The van der Waals surface area contributed by atoms with E-state index in [2.05, 4.69) is 15.9 Å². The maximum atomic E-state index is 13.9. The SMILES string of the molecule is Cc1ccc(F)c(C(O)c2c(F)ccc(Br)c2F)c1F. The molecule has 0 bridgehead atoms. The molecule has 2 rings (SSSR count). The zero-order valence-corrected chi connectivity index (χ0v) is 11.8. The van der Waals surface area contributed by atoms with E-state index < -0.39 is 40.5 Å². The first-order valence-corrected chi connectivity index (χ1v) is 6.39. The predicted molar refractivity (Wildman–Crippen MR) is 69.2 cm³/mol. The van der Waals surface area contributed by atoms with Gasteiger partial charge >= 0.3 is 0 Å². The molecule has 0 radical (unpaired) electrons. The third-order valence-corrected chi connectivity index (χ3v) is 3.56. The summed E-state index contributed by atoms with van der Waals surface area (Å²) >= 11 is 2.83. The number of hydrogen-bond acceptors (Lipinski definition) is 1. The van der Waals surface area contributed by atoms with Gasteiger partial charge in [-0.05, 0) is 46.6 Å². The second-order valence-corrected chi connectivity index (χ2v) is 5.11. The molecular weight excluding hydrogens is 340 g/mol. The number of rotatable bonds is 2. The van der Waals surface area contributed by atoms with Gasteiger partial charge in [0.1, 0.15) is 29.4 Å². The summed E-state index contributed by atoms with van der Waals surface area (Å²) in [5.74, 6) is -4.29. The van der Waals surface area contributed by atoms with Crippen LogP contribution in [0, 0.1) is 30.2 Å². The summed E-state index contributed by atoms with van der Waals surface area (Å²) in [6.07, 6.45) is -2.08. The Hall–Kier alpha value is -1.40. The number of aliphatic hydroxyl groups excluding tert-OH is 1. The first-order chi connectivity index (χ1) is 9.34. The van der Waals surface area contributed by atoms with E-state index >= 15 is 0 Å². The summed E-state index contributed by atoms with van der Waals surface area (Å²) in [6.45, 7) is 1.36. The van der Waals surface area contributed by atoms with Crippen molar-refractivity contribution in [3.8, 4) is 0 Å². The summed E-state index contributed by atoms with van der Waals surface area (Å²) in [7, 11) is 0. The Morgan fingerprint density at radius 2 is 1.40 bits per heavy atom. The molecule has 106 valence electrons. The number of aliphatic hydroxyl groups is 1. The van der Waals surface area contributed by atoms with E-state index in [4.69, 9.17) is 0 Å². The molecule has 0 aliphatic rings. The Morgan fingerprint density at radius 1 is 0.900 bits per heavy atom. The van der Waals surface area contributed by atoms with E-state index in [0.717, 1.165) is 18.2 Å². The fourth-order valence-corrected chi connectivity index (χ4v) is 2.21. The van der Waals surface area contributed by atoms with Crippen molar-refractivity contribution in [2.45, 2.75) is 13.0 Å². The van der Waals surface area contributed by atoms with Gasteiger partial charge in [0.15, 0.2) is 0 Å². The van der Waals surface area contributed by atoms with E-state index in [1.807, 2.05) is 0 Å². The van der Waals surface area contributed by atoms with Gasteiger partial charge < -0.3 is 5.11 Å². The van der Waals surface area contributed by atoms with Crippen LogP contribution >= 0.6 is 15.9 Å². The van der Waals surface area contributed by atoms with Gasteiger partial charge in [-0.3, -0.25) is 0 Å². The molecule has 0 aliphatic carbocycles. The molecule has 0 amide bonds. The number of hydrogen-bond donors (Lipinski definition) is 1. The van der Waals surface area contributed by atoms with E-state index in [9.17, 15) is 22.7 Å². The highest BCUT2D eigenvalue weighted by Crippen LogP contribution is 2.33. The molecule has 0 aliphatic heterocycles. The number of benzene rings is 2. The Morgan fingerprint density at radius 3 is 2.00 bits per heavy atom. The fraction of sp³-hybridized carbons (Fsp3) is 0.143. The van der Waals surface area contributed by atoms with Crippen LogP contribution in [0.4, 0.5) is 17.6 Å². The van der Waals surface area contributed by atoms with E-state index in [1.165, 1.54) is 13.0 Å². The highest BCUT2D eigenvalue weighted by atomic mass is 79.9. The molecule has 0 heterocycles. The monoisotopic (exact) mass is 348 g/mol. The van der Waals surface area contributed by atoms with Crippen LogP contribution in [0.1, 0.15) is 22.8 Å². The quantitative estimate of drug-likeness (QED) is 0.630. The minimum atomic E-state index is -2.08. The van der Waals surface area contributed by atoms with Gasteiger partial charge in [-0.1, -0.05) is 6.07 Å². The van der Waals surface area contributed by atoms with Gasteiger partial charge in [0.05, 0.1) is 15.6 Å². The molecule has 1 unspecified atom stereocenters. The van der Waals surface area contributed by atoms with Crippen molar-refractivity contribution in [1.82, 2.24) is 0 Å². The average Bonchev–Trinajstić information content (AvgIpc) is 2.39. The molecule has 6 heteroatoms. The van der Waals surface area contributed by atoms with Crippen molar-refractivity contribution in [2.24, 2.45) is 0 Å². The van der Waals surface area contributed by atoms with Gasteiger partial charge in [0.25, 0.3) is 0 Å². The van der Waals surface area contributed by atoms with Crippen LogP contribution in [0.25, 0.3) is 0 Å². The summed E-state index contributed by atoms with van der Waals surface area (Å²) in [4.78, 5) is 0. The maximum Gasteiger partial charge on any atom is 0.146 e. The van der Waals surface area contributed by atoms with Gasteiger partial charge in [0, 0.05) is 0 Å². The summed E-state index contributed by atoms with van der Waals surface area (Å²) in [6, 6.07) is 4.11. The smallest absolute Gasteiger partial charge is 0.146 e. The van der Waals surface area contributed by atoms with Crippen LogP contribution in [-0.4, -0.2) is 5.11 Å².